The molecule has 1 aromatic heterocycles. The first-order chi connectivity index (χ1) is 16.2. The maximum absolute atomic E-state index is 12.7. The van der Waals surface area contributed by atoms with Crippen LogP contribution in [0.1, 0.15) is 16.9 Å². The smallest absolute Gasteiger partial charge is 0.294 e. The van der Waals surface area contributed by atoms with Crippen molar-refractivity contribution < 1.29 is 23.7 Å². The highest BCUT2D eigenvalue weighted by atomic mass is 32.2. The van der Waals surface area contributed by atoms with Crippen LogP contribution in [0, 0.1) is 24.0 Å². The number of aryl methyl sites for hydroxylation is 1. The van der Waals surface area contributed by atoms with Gasteiger partial charge in [0.1, 0.15) is 18.1 Å². The SMILES string of the molecule is Cc1cc(-c2ccc(/C=C3\SC(=O)N(CC(=O)Nc4ccccc4)C3=O)o2)cc([N+](=O)[O-])c1C. The van der Waals surface area contributed by atoms with Crippen LogP contribution < -0.4 is 5.32 Å². The highest BCUT2D eigenvalue weighted by molar-refractivity contribution is 8.18. The molecule has 2 heterocycles. The second-order valence-electron chi connectivity index (χ2n) is 7.58. The van der Waals surface area contributed by atoms with E-state index in [1.54, 1.807) is 62.4 Å². The topological polar surface area (TPSA) is 123 Å². The first kappa shape index (κ1) is 23.0. The molecule has 0 saturated carbocycles. The number of furan rings is 1. The molecule has 1 N–H and O–H groups in total. The monoisotopic (exact) mass is 477 g/mol. The predicted octanol–water partition coefficient (Wildman–Crippen LogP) is 5.15. The first-order valence-corrected chi connectivity index (χ1v) is 11.0. The van der Waals surface area contributed by atoms with Crippen LogP contribution in [-0.4, -0.2) is 33.4 Å². The fourth-order valence-corrected chi connectivity index (χ4v) is 4.21. The van der Waals surface area contributed by atoms with Crippen molar-refractivity contribution in [3.05, 3.63) is 86.5 Å². The van der Waals surface area contributed by atoms with Gasteiger partial charge in [-0.25, -0.2) is 0 Å². The fraction of sp³-hybridized carbons (Fsp3) is 0.125. The van der Waals surface area contributed by atoms with E-state index in [1.165, 1.54) is 12.1 Å². The summed E-state index contributed by atoms with van der Waals surface area (Å²) in [4.78, 5) is 49.2. The second-order valence-corrected chi connectivity index (χ2v) is 8.57. The summed E-state index contributed by atoms with van der Waals surface area (Å²) in [5.74, 6) is -0.404. The Kier molecular flexibility index (Phi) is 6.33. The molecule has 34 heavy (non-hydrogen) atoms. The molecule has 172 valence electrons. The lowest BCUT2D eigenvalue weighted by molar-refractivity contribution is -0.385. The average Bonchev–Trinajstić information content (AvgIpc) is 3.36. The minimum absolute atomic E-state index is 0.0113. The van der Waals surface area contributed by atoms with E-state index in [2.05, 4.69) is 5.32 Å². The highest BCUT2D eigenvalue weighted by Crippen LogP contribution is 2.34. The number of anilines is 1. The van der Waals surface area contributed by atoms with Crippen molar-refractivity contribution >= 4 is 46.3 Å². The number of nitro groups is 1. The summed E-state index contributed by atoms with van der Waals surface area (Å²) in [6, 6.07) is 15.2. The van der Waals surface area contributed by atoms with E-state index < -0.39 is 28.5 Å². The Hall–Kier alpha value is -4.18. The number of amides is 3. The van der Waals surface area contributed by atoms with Crippen LogP contribution in [0.15, 0.2) is 63.9 Å². The van der Waals surface area contributed by atoms with Crippen LogP contribution in [0.25, 0.3) is 17.4 Å². The van der Waals surface area contributed by atoms with Crippen molar-refractivity contribution in [2.45, 2.75) is 13.8 Å². The number of nitrogens with one attached hydrogen (secondary N) is 1. The summed E-state index contributed by atoms with van der Waals surface area (Å²) >= 11 is 0.710. The van der Waals surface area contributed by atoms with Crippen molar-refractivity contribution in [1.29, 1.82) is 0 Å². The summed E-state index contributed by atoms with van der Waals surface area (Å²) in [6.45, 7) is 3.05. The number of imide groups is 1. The maximum atomic E-state index is 12.7. The van der Waals surface area contributed by atoms with Gasteiger partial charge in [0.15, 0.2) is 0 Å². The molecule has 1 fully saturated rings. The van der Waals surface area contributed by atoms with Gasteiger partial charge >= 0.3 is 0 Å². The van der Waals surface area contributed by atoms with Gasteiger partial charge in [-0.1, -0.05) is 18.2 Å². The van der Waals surface area contributed by atoms with Crippen LogP contribution in [0.5, 0.6) is 0 Å². The van der Waals surface area contributed by atoms with Gasteiger partial charge in [0.05, 0.1) is 9.83 Å². The Labute approximate surface area is 198 Å². The van der Waals surface area contributed by atoms with Crippen molar-refractivity contribution in [2.75, 3.05) is 11.9 Å². The largest absolute Gasteiger partial charge is 0.457 e. The zero-order valence-corrected chi connectivity index (χ0v) is 19.0. The van der Waals surface area contributed by atoms with Gasteiger partial charge in [0.25, 0.3) is 16.8 Å². The third kappa shape index (κ3) is 4.76. The van der Waals surface area contributed by atoms with Gasteiger partial charge in [0.2, 0.25) is 5.91 Å². The molecule has 0 aliphatic carbocycles. The van der Waals surface area contributed by atoms with Gasteiger partial charge in [-0.3, -0.25) is 29.4 Å². The number of thioether (sulfide) groups is 1. The molecule has 3 aromatic rings. The van der Waals surface area contributed by atoms with Gasteiger partial charge < -0.3 is 9.73 Å². The lowest BCUT2D eigenvalue weighted by atomic mass is 10.0. The molecular formula is C24H19N3O6S. The van der Waals surface area contributed by atoms with E-state index >= 15 is 0 Å². The number of hydrogen-bond donors (Lipinski definition) is 1. The van der Waals surface area contributed by atoms with Crippen LogP contribution in [0.4, 0.5) is 16.2 Å². The maximum Gasteiger partial charge on any atom is 0.294 e. The first-order valence-electron chi connectivity index (χ1n) is 10.2. The number of rotatable bonds is 6. The van der Waals surface area contributed by atoms with Gasteiger partial charge in [-0.15, -0.1) is 0 Å². The normalized spacial score (nSPS) is 14.6. The predicted molar refractivity (Wildman–Crippen MR) is 128 cm³/mol. The third-order valence-electron chi connectivity index (χ3n) is 5.25. The summed E-state index contributed by atoms with van der Waals surface area (Å²) in [6.07, 6.45) is 1.42. The van der Waals surface area contributed by atoms with Crippen LogP contribution in [0.3, 0.4) is 0 Å². The lowest BCUT2D eigenvalue weighted by Gasteiger charge is -2.12. The summed E-state index contributed by atoms with van der Waals surface area (Å²) in [5, 5.41) is 13.4. The van der Waals surface area contributed by atoms with Crippen LogP contribution in [0.2, 0.25) is 0 Å². The summed E-state index contributed by atoms with van der Waals surface area (Å²) in [7, 11) is 0. The molecule has 1 aliphatic rings. The summed E-state index contributed by atoms with van der Waals surface area (Å²) < 4.78 is 5.77. The molecule has 3 amide bonds. The molecule has 0 atom stereocenters. The molecular weight excluding hydrogens is 458 g/mol. The van der Waals surface area contributed by atoms with Crippen molar-refractivity contribution in [3.63, 3.8) is 0 Å². The number of para-hydroxylation sites is 1. The number of benzene rings is 2. The van der Waals surface area contributed by atoms with Crippen molar-refractivity contribution in [1.82, 2.24) is 4.90 Å². The second kappa shape index (κ2) is 9.36. The van der Waals surface area contributed by atoms with E-state index in [9.17, 15) is 24.5 Å². The van der Waals surface area contributed by atoms with Gasteiger partial charge in [0, 0.05) is 29.0 Å². The lowest BCUT2D eigenvalue weighted by Crippen LogP contribution is -2.36. The molecule has 1 aliphatic heterocycles. The number of nitro benzene ring substituents is 1. The van der Waals surface area contributed by atoms with Crippen LogP contribution in [-0.2, 0) is 9.59 Å². The van der Waals surface area contributed by atoms with E-state index in [0.717, 1.165) is 10.5 Å². The zero-order valence-electron chi connectivity index (χ0n) is 18.2. The molecule has 10 heteroatoms. The molecule has 9 nitrogen and oxygen atoms in total. The standard InChI is InChI=1S/C24H19N3O6S/c1-14-10-16(11-19(15(14)2)27(31)32)20-9-8-18(33-20)12-21-23(29)26(24(30)34-21)13-22(28)25-17-6-4-3-5-7-17/h3-12H,13H2,1-2H3,(H,25,28)/b21-12-. The molecule has 0 bridgehead atoms. The number of hydrogen-bond acceptors (Lipinski definition) is 7. The number of carbonyl (C=O) groups excluding carboxylic acids is 3. The number of carbonyl (C=O) groups is 3. The molecule has 0 radical (unpaired) electrons. The van der Waals surface area contributed by atoms with Crippen molar-refractivity contribution in [2.24, 2.45) is 0 Å². The summed E-state index contributed by atoms with van der Waals surface area (Å²) in [5.41, 5.74) is 2.40. The molecule has 2 aromatic carbocycles. The van der Waals surface area contributed by atoms with E-state index in [1.807, 2.05) is 0 Å². The average molecular weight is 477 g/mol. The van der Waals surface area contributed by atoms with E-state index in [4.69, 9.17) is 4.42 Å². The highest BCUT2D eigenvalue weighted by Gasteiger charge is 2.36. The molecule has 0 unspecified atom stereocenters. The third-order valence-corrected chi connectivity index (χ3v) is 6.16. The van der Waals surface area contributed by atoms with E-state index in [0.29, 0.717) is 40.1 Å². The quantitative estimate of drug-likeness (QED) is 0.296. The zero-order chi connectivity index (χ0) is 24.4. The molecule has 1 saturated heterocycles. The molecule has 0 spiro atoms. The fourth-order valence-electron chi connectivity index (χ4n) is 3.39. The van der Waals surface area contributed by atoms with Gasteiger partial charge in [-0.2, -0.15) is 0 Å². The Morgan fingerprint density at radius 1 is 1.15 bits per heavy atom. The van der Waals surface area contributed by atoms with E-state index in [-0.39, 0.29) is 10.6 Å². The minimum Gasteiger partial charge on any atom is -0.457 e. The Balaban J connectivity index is 1.50. The Morgan fingerprint density at radius 3 is 2.59 bits per heavy atom. The Morgan fingerprint density at radius 2 is 1.88 bits per heavy atom. The Bertz CT molecular complexity index is 1350. The van der Waals surface area contributed by atoms with Crippen molar-refractivity contribution in [3.8, 4) is 11.3 Å². The van der Waals surface area contributed by atoms with Gasteiger partial charge in [-0.05, 0) is 61.5 Å². The minimum atomic E-state index is -0.599. The molecule has 4 rings (SSSR count). The number of nitrogens with zero attached hydrogens (tertiary/aromatic N) is 2. The van der Waals surface area contributed by atoms with Crippen LogP contribution >= 0.6 is 11.8 Å².